The Balaban J connectivity index is 2.37. The minimum Gasteiger partial charge on any atom is -0.0620 e. The van der Waals surface area contributed by atoms with Crippen molar-refractivity contribution < 1.29 is 0 Å². The van der Waals surface area contributed by atoms with Gasteiger partial charge in [-0.25, -0.2) is 0 Å². The van der Waals surface area contributed by atoms with Crippen LogP contribution in [0.4, 0.5) is 0 Å². The molecule has 0 heterocycles. The zero-order valence-corrected chi connectivity index (χ0v) is 9.39. The number of hydrogen-bond acceptors (Lipinski definition) is 0. The van der Waals surface area contributed by atoms with Gasteiger partial charge in [-0.3, -0.25) is 0 Å². The Morgan fingerprint density at radius 2 is 1.77 bits per heavy atom. The molecule has 2 rings (SSSR count). The van der Waals surface area contributed by atoms with Crippen molar-refractivity contribution in [2.24, 2.45) is 0 Å². The summed E-state index contributed by atoms with van der Waals surface area (Å²) in [6.45, 7) is 2.23. The highest BCUT2D eigenvalue weighted by molar-refractivity contribution is 9.11. The number of rotatable bonds is 1. The second kappa shape index (κ2) is 3.67. The first kappa shape index (κ1) is 9.01. The van der Waals surface area contributed by atoms with Gasteiger partial charge in [-0.15, -0.1) is 0 Å². The molecule has 0 saturated carbocycles. The minimum atomic E-state index is 1.08. The monoisotopic (exact) mass is 236 g/mol. The Kier molecular flexibility index (Phi) is 2.54. The fraction of sp³-hybridized carbons (Fsp3) is 0.333. The molecular weight excluding hydrogens is 224 g/mol. The van der Waals surface area contributed by atoms with Crippen LogP contribution in [-0.4, -0.2) is 0 Å². The zero-order valence-electron chi connectivity index (χ0n) is 7.81. The first-order chi connectivity index (χ1) is 6.31. The van der Waals surface area contributed by atoms with Crippen LogP contribution in [0.3, 0.4) is 0 Å². The lowest BCUT2D eigenvalue weighted by molar-refractivity contribution is 0.931. The van der Waals surface area contributed by atoms with Crippen molar-refractivity contribution in [3.63, 3.8) is 0 Å². The molecule has 0 saturated heterocycles. The summed E-state index contributed by atoms with van der Waals surface area (Å²) in [5.41, 5.74) is 4.54. The van der Waals surface area contributed by atoms with Gasteiger partial charge >= 0.3 is 0 Å². The van der Waals surface area contributed by atoms with Gasteiger partial charge in [0.2, 0.25) is 0 Å². The lowest BCUT2D eigenvalue weighted by atomic mass is 9.90. The predicted molar refractivity (Wildman–Crippen MR) is 60.1 cm³/mol. The Labute approximate surface area is 87.8 Å². The summed E-state index contributed by atoms with van der Waals surface area (Å²) in [7, 11) is 0. The molecule has 0 amide bonds. The predicted octanol–water partition coefficient (Wildman–Crippen LogP) is 3.84. The van der Waals surface area contributed by atoms with E-state index in [1.807, 2.05) is 0 Å². The average Bonchev–Trinajstić information content (AvgIpc) is 2.17. The van der Waals surface area contributed by atoms with Crippen LogP contribution >= 0.6 is 15.9 Å². The van der Waals surface area contributed by atoms with Gasteiger partial charge in [0.15, 0.2) is 0 Å². The lowest BCUT2D eigenvalue weighted by Gasteiger charge is -2.18. The van der Waals surface area contributed by atoms with Gasteiger partial charge in [0.1, 0.15) is 0 Å². The fourth-order valence-corrected chi connectivity index (χ4v) is 2.56. The van der Waals surface area contributed by atoms with Crippen molar-refractivity contribution in [1.82, 2.24) is 0 Å². The molecule has 0 N–H and O–H groups in total. The maximum atomic E-state index is 3.66. The maximum absolute atomic E-state index is 3.66. The molecule has 1 aromatic rings. The van der Waals surface area contributed by atoms with E-state index in [-0.39, 0.29) is 0 Å². The molecular formula is C12H13Br. The van der Waals surface area contributed by atoms with Crippen molar-refractivity contribution in [3.05, 3.63) is 45.4 Å². The van der Waals surface area contributed by atoms with E-state index in [0.717, 1.165) is 19.3 Å². The van der Waals surface area contributed by atoms with Crippen molar-refractivity contribution in [3.8, 4) is 0 Å². The first-order valence-electron chi connectivity index (χ1n) is 4.74. The van der Waals surface area contributed by atoms with Crippen LogP contribution in [0.1, 0.15) is 24.5 Å². The standard InChI is InChI=1S/C12H13Br/c1-2-9-7-10-5-3-4-6-11(10)8-12(9)13/h3-6H,2,7-8H2,1H3. The van der Waals surface area contributed by atoms with Crippen LogP contribution in [0, 0.1) is 0 Å². The Morgan fingerprint density at radius 1 is 1.15 bits per heavy atom. The summed E-state index contributed by atoms with van der Waals surface area (Å²) >= 11 is 3.66. The smallest absolute Gasteiger partial charge is 0.00431 e. The summed E-state index contributed by atoms with van der Waals surface area (Å²) in [6, 6.07) is 8.72. The van der Waals surface area contributed by atoms with E-state index in [1.165, 1.54) is 15.6 Å². The molecule has 0 bridgehead atoms. The lowest BCUT2D eigenvalue weighted by Crippen LogP contribution is -2.05. The number of halogens is 1. The van der Waals surface area contributed by atoms with Gasteiger partial charge in [-0.05, 0) is 28.5 Å². The van der Waals surface area contributed by atoms with Crippen LogP contribution in [-0.2, 0) is 12.8 Å². The second-order valence-corrected chi connectivity index (χ2v) is 4.44. The molecule has 0 nitrogen and oxygen atoms in total. The number of benzene rings is 1. The second-order valence-electron chi connectivity index (χ2n) is 3.48. The molecule has 0 atom stereocenters. The Hall–Kier alpha value is -0.560. The van der Waals surface area contributed by atoms with E-state index in [0.29, 0.717) is 0 Å². The van der Waals surface area contributed by atoms with E-state index in [1.54, 1.807) is 5.57 Å². The molecule has 0 spiro atoms. The van der Waals surface area contributed by atoms with Gasteiger partial charge in [-0.2, -0.15) is 0 Å². The maximum Gasteiger partial charge on any atom is 0.00431 e. The molecule has 1 aromatic carbocycles. The number of allylic oxidation sites excluding steroid dienone is 2. The van der Waals surface area contributed by atoms with Crippen LogP contribution in [0.5, 0.6) is 0 Å². The average molecular weight is 237 g/mol. The molecule has 0 aromatic heterocycles. The van der Waals surface area contributed by atoms with Crippen molar-refractivity contribution >= 4 is 15.9 Å². The van der Waals surface area contributed by atoms with Gasteiger partial charge in [0.25, 0.3) is 0 Å². The van der Waals surface area contributed by atoms with Crippen LogP contribution in [0.2, 0.25) is 0 Å². The third-order valence-electron chi connectivity index (χ3n) is 2.68. The molecule has 1 aliphatic rings. The quantitative estimate of drug-likeness (QED) is 0.696. The summed E-state index contributed by atoms with van der Waals surface area (Å²) in [5, 5.41) is 0. The fourth-order valence-electron chi connectivity index (χ4n) is 1.84. The Bertz CT molecular complexity index is 350. The number of hydrogen-bond donors (Lipinski definition) is 0. The summed E-state index contributed by atoms with van der Waals surface area (Å²) in [4.78, 5) is 0. The van der Waals surface area contributed by atoms with E-state index < -0.39 is 0 Å². The number of fused-ring (bicyclic) bond motifs is 1. The topological polar surface area (TPSA) is 0 Å². The van der Waals surface area contributed by atoms with Crippen molar-refractivity contribution in [2.45, 2.75) is 26.2 Å². The molecule has 0 unspecified atom stereocenters. The highest BCUT2D eigenvalue weighted by atomic mass is 79.9. The first-order valence-corrected chi connectivity index (χ1v) is 5.53. The molecule has 1 heteroatoms. The summed E-state index contributed by atoms with van der Waals surface area (Å²) < 4.78 is 1.40. The summed E-state index contributed by atoms with van der Waals surface area (Å²) in [6.07, 6.45) is 3.38. The van der Waals surface area contributed by atoms with Gasteiger partial charge in [0.05, 0.1) is 0 Å². The van der Waals surface area contributed by atoms with Gasteiger partial charge in [0, 0.05) is 6.42 Å². The summed E-state index contributed by atoms with van der Waals surface area (Å²) in [5.74, 6) is 0. The van der Waals surface area contributed by atoms with Crippen molar-refractivity contribution in [1.29, 1.82) is 0 Å². The molecule has 0 radical (unpaired) electrons. The molecule has 13 heavy (non-hydrogen) atoms. The molecule has 0 fully saturated rings. The van der Waals surface area contributed by atoms with E-state index >= 15 is 0 Å². The van der Waals surface area contributed by atoms with Crippen LogP contribution in [0.15, 0.2) is 34.3 Å². The third kappa shape index (κ3) is 1.71. The highest BCUT2D eigenvalue weighted by Gasteiger charge is 2.13. The third-order valence-corrected chi connectivity index (χ3v) is 3.52. The normalized spacial score (nSPS) is 15.8. The minimum absolute atomic E-state index is 1.08. The van der Waals surface area contributed by atoms with E-state index in [4.69, 9.17) is 0 Å². The Morgan fingerprint density at radius 3 is 2.38 bits per heavy atom. The molecule has 1 aliphatic carbocycles. The van der Waals surface area contributed by atoms with Gasteiger partial charge < -0.3 is 0 Å². The molecule has 68 valence electrons. The SMILES string of the molecule is CCC1=C(Br)Cc2ccccc2C1. The van der Waals surface area contributed by atoms with E-state index in [2.05, 4.69) is 47.1 Å². The van der Waals surface area contributed by atoms with Crippen molar-refractivity contribution in [2.75, 3.05) is 0 Å². The largest absolute Gasteiger partial charge is 0.0620 e. The zero-order chi connectivity index (χ0) is 9.26. The highest BCUT2D eigenvalue weighted by Crippen LogP contribution is 2.30. The van der Waals surface area contributed by atoms with Crippen LogP contribution < -0.4 is 0 Å². The van der Waals surface area contributed by atoms with E-state index in [9.17, 15) is 0 Å². The molecule has 0 aliphatic heterocycles. The van der Waals surface area contributed by atoms with Crippen LogP contribution in [0.25, 0.3) is 0 Å². The van der Waals surface area contributed by atoms with Gasteiger partial charge in [-0.1, -0.05) is 52.7 Å².